The van der Waals surface area contributed by atoms with E-state index in [0.717, 1.165) is 28.9 Å². The summed E-state index contributed by atoms with van der Waals surface area (Å²) in [4.78, 5) is 4.31. The molecule has 0 radical (unpaired) electrons. The van der Waals surface area contributed by atoms with Crippen LogP contribution in [0.3, 0.4) is 0 Å². The Labute approximate surface area is 107 Å². The number of pyridine rings is 1. The second-order valence-corrected chi connectivity index (χ2v) is 5.04. The van der Waals surface area contributed by atoms with Gasteiger partial charge < -0.3 is 10.4 Å². The minimum absolute atomic E-state index is 0.0372. The number of aliphatic hydroxyl groups is 1. The molecule has 1 aliphatic carbocycles. The van der Waals surface area contributed by atoms with Crippen molar-refractivity contribution in [2.45, 2.75) is 18.9 Å². The van der Waals surface area contributed by atoms with Crippen LogP contribution in [-0.2, 0) is 0 Å². The zero-order valence-electron chi connectivity index (χ0n) is 10.3. The average molecular weight is 242 g/mol. The van der Waals surface area contributed by atoms with Gasteiger partial charge in [-0.3, -0.25) is 4.98 Å². The molecule has 1 saturated carbocycles. The molecule has 0 amide bonds. The van der Waals surface area contributed by atoms with E-state index < -0.39 is 0 Å². The zero-order valence-corrected chi connectivity index (χ0v) is 10.3. The lowest BCUT2D eigenvalue weighted by Crippen LogP contribution is -2.26. The van der Waals surface area contributed by atoms with Gasteiger partial charge in [0.15, 0.2) is 0 Å². The minimum Gasteiger partial charge on any atom is -0.394 e. The predicted molar refractivity (Wildman–Crippen MR) is 72.3 cm³/mol. The monoisotopic (exact) mass is 242 g/mol. The number of nitrogens with one attached hydrogen (secondary N) is 1. The van der Waals surface area contributed by atoms with Crippen molar-refractivity contribution in [3.63, 3.8) is 0 Å². The predicted octanol–water partition coefficient (Wildman–Crippen LogP) is 2.27. The quantitative estimate of drug-likeness (QED) is 0.845. The summed E-state index contributed by atoms with van der Waals surface area (Å²) in [7, 11) is 0. The Bertz CT molecular complexity index is 537. The van der Waals surface area contributed by atoms with Gasteiger partial charge >= 0.3 is 0 Å². The molecule has 1 unspecified atom stereocenters. The van der Waals surface area contributed by atoms with E-state index in [1.165, 1.54) is 12.8 Å². The second kappa shape index (κ2) is 5.04. The Kier molecular flexibility index (Phi) is 3.26. The molecule has 1 fully saturated rings. The molecule has 1 aromatic heterocycles. The summed E-state index contributed by atoms with van der Waals surface area (Å²) in [5.41, 5.74) is 2.14. The summed E-state index contributed by atoms with van der Waals surface area (Å²) in [6, 6.07) is 10.2. The highest BCUT2D eigenvalue weighted by atomic mass is 16.3. The summed E-state index contributed by atoms with van der Waals surface area (Å²) in [5, 5.41) is 14.1. The van der Waals surface area contributed by atoms with Crippen molar-refractivity contribution in [3.05, 3.63) is 42.1 Å². The Morgan fingerprint density at radius 1 is 1.33 bits per heavy atom. The first kappa shape index (κ1) is 11.6. The molecule has 3 heteroatoms. The fourth-order valence-corrected chi connectivity index (χ4v) is 2.23. The largest absolute Gasteiger partial charge is 0.394 e. The van der Waals surface area contributed by atoms with Gasteiger partial charge in [0.25, 0.3) is 0 Å². The molecular weight excluding hydrogens is 224 g/mol. The smallest absolute Gasteiger partial charge is 0.0702 e. The molecule has 1 heterocycles. The van der Waals surface area contributed by atoms with Crippen molar-refractivity contribution in [2.75, 3.05) is 13.2 Å². The van der Waals surface area contributed by atoms with Crippen LogP contribution in [-0.4, -0.2) is 23.2 Å². The summed E-state index contributed by atoms with van der Waals surface area (Å²) in [6.45, 7) is 1.15. The first-order valence-electron chi connectivity index (χ1n) is 6.56. The second-order valence-electron chi connectivity index (χ2n) is 5.04. The van der Waals surface area contributed by atoms with Crippen LogP contribution >= 0.6 is 0 Å². The average Bonchev–Trinajstić information content (AvgIpc) is 3.23. The minimum atomic E-state index is 0.0372. The van der Waals surface area contributed by atoms with E-state index in [1.807, 2.05) is 12.1 Å². The Hall–Kier alpha value is -1.45. The lowest BCUT2D eigenvalue weighted by molar-refractivity contribution is 0.243. The fourth-order valence-electron chi connectivity index (χ4n) is 2.23. The molecule has 2 aromatic rings. The van der Waals surface area contributed by atoms with Gasteiger partial charge in [-0.1, -0.05) is 12.1 Å². The maximum Gasteiger partial charge on any atom is 0.0702 e. The lowest BCUT2D eigenvalue weighted by Gasteiger charge is -2.17. The third-order valence-electron chi connectivity index (χ3n) is 3.56. The van der Waals surface area contributed by atoms with Gasteiger partial charge in [0.1, 0.15) is 0 Å². The number of aromatic nitrogens is 1. The number of aliphatic hydroxyl groups excluding tert-OH is 1. The van der Waals surface area contributed by atoms with Gasteiger partial charge in [-0.2, -0.15) is 0 Å². The first-order valence-corrected chi connectivity index (χ1v) is 6.56. The number of benzene rings is 1. The van der Waals surface area contributed by atoms with Gasteiger partial charge in [0, 0.05) is 11.6 Å². The SMILES string of the molecule is OCC(NCC1CC1)c1ccc2ncccc2c1. The van der Waals surface area contributed by atoms with Crippen LogP contribution < -0.4 is 5.32 Å². The van der Waals surface area contributed by atoms with Gasteiger partial charge in [-0.15, -0.1) is 0 Å². The highest BCUT2D eigenvalue weighted by Gasteiger charge is 2.22. The Balaban J connectivity index is 1.81. The molecule has 0 spiro atoms. The van der Waals surface area contributed by atoms with Crippen molar-refractivity contribution in [1.82, 2.24) is 10.3 Å². The summed E-state index contributed by atoms with van der Waals surface area (Å²) >= 11 is 0. The van der Waals surface area contributed by atoms with Crippen LogP contribution in [0.4, 0.5) is 0 Å². The Morgan fingerprint density at radius 3 is 3.00 bits per heavy atom. The molecular formula is C15H18N2O. The van der Waals surface area contributed by atoms with Crippen molar-refractivity contribution in [3.8, 4) is 0 Å². The Morgan fingerprint density at radius 2 is 2.22 bits per heavy atom. The van der Waals surface area contributed by atoms with Crippen LogP contribution in [0.1, 0.15) is 24.4 Å². The van der Waals surface area contributed by atoms with E-state index in [9.17, 15) is 5.11 Å². The molecule has 18 heavy (non-hydrogen) atoms. The maximum absolute atomic E-state index is 9.51. The zero-order chi connectivity index (χ0) is 12.4. The van der Waals surface area contributed by atoms with E-state index in [2.05, 4.69) is 28.5 Å². The standard InChI is InChI=1S/C15H18N2O/c18-10-15(17-9-11-3-4-11)13-5-6-14-12(8-13)2-1-7-16-14/h1-2,5-8,11,15,17-18H,3-4,9-10H2. The fraction of sp³-hybridized carbons (Fsp3) is 0.400. The lowest BCUT2D eigenvalue weighted by atomic mass is 10.0. The van der Waals surface area contributed by atoms with Gasteiger partial charge in [0.2, 0.25) is 0 Å². The third kappa shape index (κ3) is 2.52. The summed E-state index contributed by atoms with van der Waals surface area (Å²) in [5.74, 6) is 0.821. The van der Waals surface area contributed by atoms with Crippen molar-refractivity contribution in [2.24, 2.45) is 5.92 Å². The van der Waals surface area contributed by atoms with E-state index >= 15 is 0 Å². The van der Waals surface area contributed by atoms with Crippen LogP contribution in [0.5, 0.6) is 0 Å². The number of hydrogen-bond acceptors (Lipinski definition) is 3. The topological polar surface area (TPSA) is 45.1 Å². The normalized spacial score (nSPS) is 16.9. The van der Waals surface area contributed by atoms with Crippen LogP contribution in [0.25, 0.3) is 10.9 Å². The van der Waals surface area contributed by atoms with Crippen molar-refractivity contribution < 1.29 is 5.11 Å². The van der Waals surface area contributed by atoms with Crippen LogP contribution in [0, 0.1) is 5.92 Å². The molecule has 1 aromatic carbocycles. The van der Waals surface area contributed by atoms with Gasteiger partial charge in [-0.25, -0.2) is 0 Å². The molecule has 0 bridgehead atoms. The highest BCUT2D eigenvalue weighted by molar-refractivity contribution is 5.79. The first-order chi connectivity index (χ1) is 8.86. The van der Waals surface area contributed by atoms with E-state index in [4.69, 9.17) is 0 Å². The number of rotatable bonds is 5. The third-order valence-corrected chi connectivity index (χ3v) is 3.56. The number of nitrogens with zero attached hydrogens (tertiary/aromatic N) is 1. The summed E-state index contributed by atoms with van der Waals surface area (Å²) < 4.78 is 0. The molecule has 3 rings (SSSR count). The van der Waals surface area contributed by atoms with E-state index in [0.29, 0.717) is 0 Å². The molecule has 0 saturated heterocycles. The van der Waals surface area contributed by atoms with Gasteiger partial charge in [-0.05, 0) is 49.1 Å². The molecule has 2 N–H and O–H groups in total. The van der Waals surface area contributed by atoms with Gasteiger partial charge in [0.05, 0.1) is 18.2 Å². The van der Waals surface area contributed by atoms with Crippen LogP contribution in [0.2, 0.25) is 0 Å². The van der Waals surface area contributed by atoms with Crippen molar-refractivity contribution >= 4 is 10.9 Å². The molecule has 94 valence electrons. The maximum atomic E-state index is 9.51. The van der Waals surface area contributed by atoms with E-state index in [-0.39, 0.29) is 12.6 Å². The molecule has 1 aliphatic rings. The number of hydrogen-bond donors (Lipinski definition) is 2. The molecule has 3 nitrogen and oxygen atoms in total. The van der Waals surface area contributed by atoms with Crippen molar-refractivity contribution in [1.29, 1.82) is 0 Å². The van der Waals surface area contributed by atoms with Crippen LogP contribution in [0.15, 0.2) is 36.5 Å². The summed E-state index contributed by atoms with van der Waals surface area (Å²) in [6.07, 6.45) is 4.45. The van der Waals surface area contributed by atoms with E-state index in [1.54, 1.807) is 6.20 Å². The number of fused-ring (bicyclic) bond motifs is 1. The highest BCUT2D eigenvalue weighted by Crippen LogP contribution is 2.28. The molecule has 1 atom stereocenters. The molecule has 0 aliphatic heterocycles.